The normalized spacial score (nSPS) is 14.2. The molecular weight excluding hydrogens is 359 g/mol. The van der Waals surface area contributed by atoms with E-state index in [2.05, 4.69) is 9.88 Å². The van der Waals surface area contributed by atoms with Crippen LogP contribution in [0.2, 0.25) is 0 Å². The SMILES string of the molecule is COc1cccc(-n2ccnc2N2CCN(C(=O)c3ccccc3F)CC2)c1. The maximum Gasteiger partial charge on any atom is 0.256 e. The van der Waals surface area contributed by atoms with Gasteiger partial charge in [0.2, 0.25) is 5.95 Å². The summed E-state index contributed by atoms with van der Waals surface area (Å²) in [7, 11) is 1.64. The van der Waals surface area contributed by atoms with E-state index in [1.165, 1.54) is 12.1 Å². The number of carbonyl (C=O) groups excluding carboxylic acids is 1. The number of hydrogen-bond acceptors (Lipinski definition) is 4. The van der Waals surface area contributed by atoms with Gasteiger partial charge < -0.3 is 14.5 Å². The minimum atomic E-state index is -0.483. The zero-order valence-electron chi connectivity index (χ0n) is 15.6. The number of nitrogens with zero attached hydrogens (tertiary/aromatic N) is 4. The van der Waals surface area contributed by atoms with Crippen LogP contribution in [0.15, 0.2) is 60.9 Å². The molecule has 1 aliphatic rings. The fourth-order valence-corrected chi connectivity index (χ4v) is 3.41. The van der Waals surface area contributed by atoms with Gasteiger partial charge in [0.15, 0.2) is 0 Å². The topological polar surface area (TPSA) is 50.6 Å². The van der Waals surface area contributed by atoms with Crippen molar-refractivity contribution in [2.45, 2.75) is 0 Å². The summed E-state index contributed by atoms with van der Waals surface area (Å²) in [6.07, 6.45) is 3.66. The van der Waals surface area contributed by atoms with Crippen molar-refractivity contribution in [3.05, 3.63) is 72.3 Å². The van der Waals surface area contributed by atoms with Crippen molar-refractivity contribution in [3.63, 3.8) is 0 Å². The van der Waals surface area contributed by atoms with Crippen LogP contribution in [0, 0.1) is 5.82 Å². The molecule has 0 bridgehead atoms. The average molecular weight is 380 g/mol. The molecule has 3 aromatic rings. The van der Waals surface area contributed by atoms with Crippen molar-refractivity contribution in [1.82, 2.24) is 14.5 Å². The van der Waals surface area contributed by atoms with Crippen LogP contribution in [0.5, 0.6) is 5.75 Å². The highest BCUT2D eigenvalue weighted by Gasteiger charge is 2.25. The van der Waals surface area contributed by atoms with Gasteiger partial charge in [0.25, 0.3) is 5.91 Å². The summed E-state index contributed by atoms with van der Waals surface area (Å²) in [5, 5.41) is 0. The van der Waals surface area contributed by atoms with Crippen molar-refractivity contribution in [2.75, 3.05) is 38.2 Å². The van der Waals surface area contributed by atoms with Crippen LogP contribution in [-0.4, -0.2) is 53.6 Å². The fourth-order valence-electron chi connectivity index (χ4n) is 3.41. The van der Waals surface area contributed by atoms with Gasteiger partial charge >= 0.3 is 0 Å². The number of piperazine rings is 1. The summed E-state index contributed by atoms with van der Waals surface area (Å²) in [5.74, 6) is 0.834. The third kappa shape index (κ3) is 3.43. The van der Waals surface area contributed by atoms with Gasteiger partial charge in [-0.1, -0.05) is 18.2 Å². The van der Waals surface area contributed by atoms with E-state index in [1.54, 1.807) is 30.3 Å². The largest absolute Gasteiger partial charge is 0.497 e. The van der Waals surface area contributed by atoms with Crippen LogP contribution in [0.4, 0.5) is 10.3 Å². The lowest BCUT2D eigenvalue weighted by Crippen LogP contribution is -2.49. The number of imidazole rings is 1. The maximum atomic E-state index is 13.9. The van der Waals surface area contributed by atoms with Crippen molar-refractivity contribution in [3.8, 4) is 11.4 Å². The first-order valence-corrected chi connectivity index (χ1v) is 9.14. The minimum Gasteiger partial charge on any atom is -0.497 e. The second-order valence-corrected chi connectivity index (χ2v) is 6.56. The number of ether oxygens (including phenoxy) is 1. The molecule has 0 N–H and O–H groups in total. The molecule has 0 saturated carbocycles. The first kappa shape index (κ1) is 18.0. The van der Waals surface area contributed by atoms with Gasteiger partial charge in [-0.15, -0.1) is 0 Å². The van der Waals surface area contributed by atoms with E-state index in [0.717, 1.165) is 17.4 Å². The second-order valence-electron chi connectivity index (χ2n) is 6.56. The van der Waals surface area contributed by atoms with Gasteiger partial charge in [-0.25, -0.2) is 9.37 Å². The van der Waals surface area contributed by atoms with Gasteiger partial charge in [0.1, 0.15) is 11.6 Å². The monoisotopic (exact) mass is 380 g/mol. The molecule has 0 atom stereocenters. The Hall–Kier alpha value is -3.35. The first-order valence-electron chi connectivity index (χ1n) is 9.14. The molecule has 2 aromatic carbocycles. The van der Waals surface area contributed by atoms with Crippen LogP contribution < -0.4 is 9.64 Å². The van der Waals surface area contributed by atoms with E-state index in [4.69, 9.17) is 4.74 Å². The summed E-state index contributed by atoms with van der Waals surface area (Å²) in [5.41, 5.74) is 1.07. The molecule has 0 aliphatic carbocycles. The Kier molecular flexibility index (Phi) is 4.97. The predicted octanol–water partition coefficient (Wildman–Crippen LogP) is 2.98. The Labute approximate surface area is 162 Å². The molecule has 1 fully saturated rings. The molecule has 1 aliphatic heterocycles. The van der Waals surface area contributed by atoms with Gasteiger partial charge in [-0.3, -0.25) is 9.36 Å². The number of methoxy groups -OCH3 is 1. The molecule has 144 valence electrons. The van der Waals surface area contributed by atoms with Crippen LogP contribution in [0.3, 0.4) is 0 Å². The van der Waals surface area contributed by atoms with Crippen LogP contribution in [0.25, 0.3) is 5.69 Å². The molecule has 2 heterocycles. The third-order valence-corrected chi connectivity index (χ3v) is 4.91. The Bertz CT molecular complexity index is 980. The van der Waals surface area contributed by atoms with Gasteiger partial charge in [0.05, 0.1) is 18.4 Å². The highest BCUT2D eigenvalue weighted by Crippen LogP contribution is 2.23. The van der Waals surface area contributed by atoms with E-state index in [9.17, 15) is 9.18 Å². The molecular formula is C21H21FN4O2. The predicted molar refractivity (Wildman–Crippen MR) is 105 cm³/mol. The molecule has 1 saturated heterocycles. The fraction of sp³-hybridized carbons (Fsp3) is 0.238. The maximum absolute atomic E-state index is 13.9. The Balaban J connectivity index is 1.48. The first-order chi connectivity index (χ1) is 13.7. The van der Waals surface area contributed by atoms with E-state index < -0.39 is 5.82 Å². The van der Waals surface area contributed by atoms with Crippen LogP contribution >= 0.6 is 0 Å². The van der Waals surface area contributed by atoms with E-state index >= 15 is 0 Å². The quantitative estimate of drug-likeness (QED) is 0.698. The number of benzene rings is 2. The van der Waals surface area contributed by atoms with E-state index in [1.807, 2.05) is 35.0 Å². The average Bonchev–Trinajstić information content (AvgIpc) is 3.24. The summed E-state index contributed by atoms with van der Waals surface area (Å²) < 4.78 is 21.2. The van der Waals surface area contributed by atoms with Crippen LogP contribution in [0.1, 0.15) is 10.4 Å². The highest BCUT2D eigenvalue weighted by atomic mass is 19.1. The van der Waals surface area contributed by atoms with Crippen molar-refractivity contribution in [2.24, 2.45) is 0 Å². The lowest BCUT2D eigenvalue weighted by atomic mass is 10.1. The van der Waals surface area contributed by atoms with E-state index in [-0.39, 0.29) is 11.5 Å². The number of anilines is 1. The lowest BCUT2D eigenvalue weighted by Gasteiger charge is -2.35. The van der Waals surface area contributed by atoms with E-state index in [0.29, 0.717) is 26.2 Å². The molecule has 7 heteroatoms. The van der Waals surface area contributed by atoms with Gasteiger partial charge in [-0.05, 0) is 24.3 Å². The highest BCUT2D eigenvalue weighted by molar-refractivity contribution is 5.94. The number of aromatic nitrogens is 2. The van der Waals surface area contributed by atoms with Crippen molar-refractivity contribution in [1.29, 1.82) is 0 Å². The van der Waals surface area contributed by atoms with Gasteiger partial charge in [0, 0.05) is 44.6 Å². The molecule has 6 nitrogen and oxygen atoms in total. The molecule has 28 heavy (non-hydrogen) atoms. The number of halogens is 1. The van der Waals surface area contributed by atoms with Crippen molar-refractivity contribution < 1.29 is 13.9 Å². The molecule has 4 rings (SSSR count). The summed E-state index contributed by atoms with van der Waals surface area (Å²) in [6.45, 7) is 2.28. The third-order valence-electron chi connectivity index (χ3n) is 4.91. The van der Waals surface area contributed by atoms with Gasteiger partial charge in [-0.2, -0.15) is 0 Å². The molecule has 0 spiro atoms. The summed E-state index contributed by atoms with van der Waals surface area (Å²) in [6, 6.07) is 13.9. The Morgan fingerprint density at radius 1 is 1.07 bits per heavy atom. The standard InChI is InChI=1S/C21H21FN4O2/c1-28-17-6-4-5-16(15-17)26-10-9-23-21(26)25-13-11-24(12-14-25)20(27)18-7-2-3-8-19(18)22/h2-10,15H,11-14H2,1H3. The zero-order valence-corrected chi connectivity index (χ0v) is 15.6. The minimum absolute atomic E-state index is 0.119. The summed E-state index contributed by atoms with van der Waals surface area (Å²) >= 11 is 0. The number of carbonyl (C=O) groups is 1. The lowest BCUT2D eigenvalue weighted by molar-refractivity contribution is 0.0741. The number of amides is 1. The van der Waals surface area contributed by atoms with Crippen LogP contribution in [-0.2, 0) is 0 Å². The zero-order chi connectivity index (χ0) is 19.5. The molecule has 0 radical (unpaired) electrons. The molecule has 1 amide bonds. The number of hydrogen-bond donors (Lipinski definition) is 0. The number of rotatable bonds is 4. The Morgan fingerprint density at radius 2 is 1.86 bits per heavy atom. The Morgan fingerprint density at radius 3 is 2.61 bits per heavy atom. The summed E-state index contributed by atoms with van der Waals surface area (Å²) in [4.78, 5) is 20.9. The smallest absolute Gasteiger partial charge is 0.256 e. The molecule has 0 unspecified atom stereocenters. The van der Waals surface area contributed by atoms with Crippen molar-refractivity contribution >= 4 is 11.9 Å². The molecule has 1 aromatic heterocycles. The second kappa shape index (κ2) is 7.72.